The van der Waals surface area contributed by atoms with Gasteiger partial charge in [0.1, 0.15) is 11.8 Å². The monoisotopic (exact) mass is 281 g/mol. The number of hydrogen-bond donors (Lipinski definition) is 0. The molecule has 106 valence electrons. The third-order valence-corrected chi connectivity index (χ3v) is 3.20. The molecule has 2 heterocycles. The van der Waals surface area contributed by atoms with Crippen molar-refractivity contribution in [2.75, 3.05) is 19.0 Å². The van der Waals surface area contributed by atoms with E-state index in [2.05, 4.69) is 9.97 Å². The van der Waals surface area contributed by atoms with E-state index in [0.717, 1.165) is 5.69 Å². The molecule has 0 atom stereocenters. The van der Waals surface area contributed by atoms with Gasteiger partial charge >= 0.3 is 0 Å². The number of nitrogens with zero attached hydrogens (tertiary/aromatic N) is 3. The highest BCUT2D eigenvalue weighted by Gasteiger charge is 2.12. The third kappa shape index (κ3) is 2.38. The van der Waals surface area contributed by atoms with Crippen molar-refractivity contribution in [3.05, 3.63) is 52.5 Å². The second kappa shape index (κ2) is 5.01. The standard InChI is InChI=1S/C16H15N3O2/c1-10-8-13(18-16(17-10)19(2)3)12-9-21-14-7-5-4-6-11(14)15(12)20/h4-9H,1-3H3. The van der Waals surface area contributed by atoms with Crippen molar-refractivity contribution in [2.45, 2.75) is 6.92 Å². The predicted molar refractivity (Wildman–Crippen MR) is 82.6 cm³/mol. The van der Waals surface area contributed by atoms with Gasteiger partial charge in [-0.05, 0) is 25.1 Å². The number of rotatable bonds is 2. The Labute approximate surface area is 121 Å². The Balaban J connectivity index is 2.26. The smallest absolute Gasteiger partial charge is 0.225 e. The zero-order valence-corrected chi connectivity index (χ0v) is 12.1. The van der Waals surface area contributed by atoms with Crippen LogP contribution in [-0.4, -0.2) is 24.1 Å². The zero-order chi connectivity index (χ0) is 15.0. The molecule has 5 heteroatoms. The molecule has 0 radical (unpaired) electrons. The van der Waals surface area contributed by atoms with Gasteiger partial charge in [0.05, 0.1) is 16.6 Å². The normalized spacial score (nSPS) is 10.8. The summed E-state index contributed by atoms with van der Waals surface area (Å²) in [7, 11) is 3.73. The van der Waals surface area contributed by atoms with Crippen LogP contribution in [0.4, 0.5) is 5.95 Å². The maximum absolute atomic E-state index is 12.6. The second-order valence-electron chi connectivity index (χ2n) is 5.06. The van der Waals surface area contributed by atoms with E-state index >= 15 is 0 Å². The molecule has 0 aliphatic rings. The van der Waals surface area contributed by atoms with Crippen LogP contribution in [0, 0.1) is 6.92 Å². The topological polar surface area (TPSA) is 59.2 Å². The number of hydrogen-bond acceptors (Lipinski definition) is 5. The van der Waals surface area contributed by atoms with Crippen molar-refractivity contribution in [1.29, 1.82) is 0 Å². The molecule has 0 aliphatic carbocycles. The average Bonchev–Trinajstić information content (AvgIpc) is 2.47. The summed E-state index contributed by atoms with van der Waals surface area (Å²) in [6.07, 6.45) is 1.46. The van der Waals surface area contributed by atoms with Crippen molar-refractivity contribution < 1.29 is 4.42 Å². The average molecular weight is 281 g/mol. The van der Waals surface area contributed by atoms with Crippen LogP contribution in [0.25, 0.3) is 22.2 Å². The maximum Gasteiger partial charge on any atom is 0.225 e. The number of para-hydroxylation sites is 1. The molecule has 21 heavy (non-hydrogen) atoms. The molecule has 3 aromatic rings. The molecule has 0 fully saturated rings. The lowest BCUT2D eigenvalue weighted by Gasteiger charge is -2.12. The first-order valence-electron chi connectivity index (χ1n) is 6.60. The molecule has 0 N–H and O–H groups in total. The predicted octanol–water partition coefficient (Wildman–Crippen LogP) is 2.62. The van der Waals surface area contributed by atoms with Gasteiger partial charge in [-0.15, -0.1) is 0 Å². The van der Waals surface area contributed by atoms with Gasteiger partial charge in [-0.3, -0.25) is 4.79 Å². The summed E-state index contributed by atoms with van der Waals surface area (Å²) in [6, 6.07) is 8.97. The van der Waals surface area contributed by atoms with Crippen LogP contribution in [0.3, 0.4) is 0 Å². The van der Waals surface area contributed by atoms with E-state index in [1.165, 1.54) is 6.26 Å². The molecule has 2 aromatic heterocycles. The summed E-state index contributed by atoms with van der Waals surface area (Å²) in [5.41, 5.74) is 2.31. The fraction of sp³-hybridized carbons (Fsp3) is 0.188. The van der Waals surface area contributed by atoms with E-state index in [0.29, 0.717) is 28.2 Å². The van der Waals surface area contributed by atoms with Gasteiger partial charge in [0.15, 0.2) is 0 Å². The van der Waals surface area contributed by atoms with Gasteiger partial charge in [0.25, 0.3) is 0 Å². The summed E-state index contributed by atoms with van der Waals surface area (Å²) in [6.45, 7) is 1.88. The molecule has 0 bridgehead atoms. The summed E-state index contributed by atoms with van der Waals surface area (Å²) in [5, 5.41) is 0.553. The summed E-state index contributed by atoms with van der Waals surface area (Å²) < 4.78 is 5.54. The quantitative estimate of drug-likeness (QED) is 0.722. The van der Waals surface area contributed by atoms with Crippen molar-refractivity contribution in [2.24, 2.45) is 0 Å². The van der Waals surface area contributed by atoms with Gasteiger partial charge in [-0.25, -0.2) is 9.97 Å². The van der Waals surface area contributed by atoms with Crippen LogP contribution in [0.1, 0.15) is 5.69 Å². The lowest BCUT2D eigenvalue weighted by molar-refractivity contribution is 0.604. The van der Waals surface area contributed by atoms with Gasteiger partial charge in [0.2, 0.25) is 11.4 Å². The Morgan fingerprint density at radius 2 is 1.90 bits per heavy atom. The Hall–Kier alpha value is -2.69. The molecule has 1 aromatic carbocycles. The first-order chi connectivity index (χ1) is 10.1. The van der Waals surface area contributed by atoms with Gasteiger partial charge in [-0.1, -0.05) is 12.1 Å². The minimum absolute atomic E-state index is 0.0837. The van der Waals surface area contributed by atoms with Crippen LogP contribution in [0.2, 0.25) is 0 Å². The Morgan fingerprint density at radius 3 is 2.67 bits per heavy atom. The molecule has 3 rings (SSSR count). The zero-order valence-electron chi connectivity index (χ0n) is 12.1. The minimum atomic E-state index is -0.0837. The van der Waals surface area contributed by atoms with Gasteiger partial charge in [0, 0.05) is 19.8 Å². The van der Waals surface area contributed by atoms with Gasteiger partial charge in [-0.2, -0.15) is 0 Å². The maximum atomic E-state index is 12.6. The first kappa shape index (κ1) is 13.3. The Bertz CT molecular complexity index is 869. The summed E-state index contributed by atoms with van der Waals surface area (Å²) >= 11 is 0. The molecule has 0 unspecified atom stereocenters. The largest absolute Gasteiger partial charge is 0.463 e. The number of benzene rings is 1. The van der Waals surface area contributed by atoms with Crippen LogP contribution in [0.5, 0.6) is 0 Å². The van der Waals surface area contributed by atoms with E-state index in [-0.39, 0.29) is 5.43 Å². The van der Waals surface area contributed by atoms with Gasteiger partial charge < -0.3 is 9.32 Å². The highest BCUT2D eigenvalue weighted by molar-refractivity contribution is 5.80. The van der Waals surface area contributed by atoms with Crippen LogP contribution >= 0.6 is 0 Å². The number of fused-ring (bicyclic) bond motifs is 1. The van der Waals surface area contributed by atoms with Crippen LogP contribution in [-0.2, 0) is 0 Å². The first-order valence-corrected chi connectivity index (χ1v) is 6.60. The third-order valence-electron chi connectivity index (χ3n) is 3.20. The van der Waals surface area contributed by atoms with Crippen LogP contribution in [0.15, 0.2) is 45.8 Å². The minimum Gasteiger partial charge on any atom is -0.463 e. The van der Waals surface area contributed by atoms with Crippen molar-refractivity contribution in [3.8, 4) is 11.3 Å². The lowest BCUT2D eigenvalue weighted by atomic mass is 10.1. The molecular weight excluding hydrogens is 266 g/mol. The molecule has 0 saturated heterocycles. The Morgan fingerprint density at radius 1 is 1.14 bits per heavy atom. The second-order valence-corrected chi connectivity index (χ2v) is 5.06. The van der Waals surface area contributed by atoms with E-state index in [1.807, 2.05) is 33.2 Å². The molecule has 0 aliphatic heterocycles. The SMILES string of the molecule is Cc1cc(-c2coc3ccccc3c2=O)nc(N(C)C)n1. The lowest BCUT2D eigenvalue weighted by Crippen LogP contribution is -2.14. The van der Waals surface area contributed by atoms with E-state index in [4.69, 9.17) is 4.42 Å². The molecule has 5 nitrogen and oxygen atoms in total. The highest BCUT2D eigenvalue weighted by Crippen LogP contribution is 2.20. The van der Waals surface area contributed by atoms with Crippen LogP contribution < -0.4 is 10.3 Å². The number of anilines is 1. The van der Waals surface area contributed by atoms with Crippen molar-refractivity contribution in [3.63, 3.8) is 0 Å². The number of aromatic nitrogens is 2. The van der Waals surface area contributed by atoms with Crippen molar-refractivity contribution in [1.82, 2.24) is 9.97 Å². The fourth-order valence-electron chi connectivity index (χ4n) is 2.15. The number of aryl methyl sites for hydroxylation is 1. The highest BCUT2D eigenvalue weighted by atomic mass is 16.3. The van der Waals surface area contributed by atoms with E-state index in [9.17, 15) is 4.79 Å². The summed E-state index contributed by atoms with van der Waals surface area (Å²) in [4.78, 5) is 23.2. The Kier molecular flexibility index (Phi) is 3.17. The molecule has 0 spiro atoms. The van der Waals surface area contributed by atoms with E-state index < -0.39 is 0 Å². The molecular formula is C16H15N3O2. The fourth-order valence-corrected chi connectivity index (χ4v) is 2.15. The van der Waals surface area contributed by atoms with E-state index in [1.54, 1.807) is 23.1 Å². The summed E-state index contributed by atoms with van der Waals surface area (Å²) in [5.74, 6) is 0.567. The van der Waals surface area contributed by atoms with Crippen molar-refractivity contribution >= 4 is 16.9 Å². The molecule has 0 saturated carbocycles. The molecule has 0 amide bonds.